The number of hydrogen-bond donors (Lipinski definition) is 2. The van der Waals surface area contributed by atoms with Gasteiger partial charge in [-0.25, -0.2) is 9.48 Å². The molecule has 2 amide bonds. The molecule has 2 heterocycles. The van der Waals surface area contributed by atoms with E-state index >= 15 is 0 Å². The van der Waals surface area contributed by atoms with Gasteiger partial charge in [-0.1, -0.05) is 5.21 Å². The van der Waals surface area contributed by atoms with E-state index in [0.717, 1.165) is 4.90 Å². The summed E-state index contributed by atoms with van der Waals surface area (Å²) < 4.78 is 1.38. The normalized spacial score (nSPS) is 15.2. The Bertz CT molecular complexity index is 537. The molecular formula is C11H15N5O4. The summed E-state index contributed by atoms with van der Waals surface area (Å²) in [7, 11) is 0. The fourth-order valence-corrected chi connectivity index (χ4v) is 2.13. The van der Waals surface area contributed by atoms with E-state index in [1.54, 1.807) is 0 Å². The van der Waals surface area contributed by atoms with E-state index in [0.29, 0.717) is 12.1 Å². The lowest BCUT2D eigenvalue weighted by Gasteiger charge is -2.14. The second kappa shape index (κ2) is 5.78. The Hall–Kier alpha value is -2.29. The zero-order valence-corrected chi connectivity index (χ0v) is 10.8. The van der Waals surface area contributed by atoms with E-state index in [1.807, 2.05) is 0 Å². The number of likely N-dealkylation sites (tertiary alicyclic amines) is 1. The third kappa shape index (κ3) is 2.67. The molecule has 1 aromatic rings. The molecule has 1 fully saturated rings. The van der Waals surface area contributed by atoms with Gasteiger partial charge >= 0.3 is 5.97 Å². The van der Waals surface area contributed by atoms with Gasteiger partial charge in [0, 0.05) is 25.8 Å². The summed E-state index contributed by atoms with van der Waals surface area (Å²) in [5, 5.41) is 16.3. The van der Waals surface area contributed by atoms with Crippen LogP contribution in [0.5, 0.6) is 0 Å². The first-order chi connectivity index (χ1) is 9.54. The quantitative estimate of drug-likeness (QED) is 0.614. The lowest BCUT2D eigenvalue weighted by atomic mass is 10.2. The number of carboxylic acids is 1. The maximum atomic E-state index is 11.5. The number of amides is 2. The van der Waals surface area contributed by atoms with Crippen LogP contribution in [0.2, 0.25) is 0 Å². The van der Waals surface area contributed by atoms with Crippen molar-refractivity contribution in [3.8, 4) is 0 Å². The first-order valence-corrected chi connectivity index (χ1v) is 6.23. The summed E-state index contributed by atoms with van der Waals surface area (Å²) in [5.74, 6) is -1.60. The first kappa shape index (κ1) is 14.1. The van der Waals surface area contributed by atoms with Crippen LogP contribution in [0.4, 0.5) is 0 Å². The molecule has 9 nitrogen and oxygen atoms in total. The van der Waals surface area contributed by atoms with E-state index in [-0.39, 0.29) is 50.0 Å². The first-order valence-electron chi connectivity index (χ1n) is 6.23. The summed E-state index contributed by atoms with van der Waals surface area (Å²) in [6.07, 6.45) is 0.773. The van der Waals surface area contributed by atoms with E-state index < -0.39 is 5.97 Å². The van der Waals surface area contributed by atoms with E-state index in [1.165, 1.54) is 4.68 Å². The third-order valence-corrected chi connectivity index (χ3v) is 3.11. The average molecular weight is 281 g/mol. The molecule has 1 saturated heterocycles. The number of rotatable bonds is 6. The molecule has 0 aromatic carbocycles. The van der Waals surface area contributed by atoms with Crippen molar-refractivity contribution in [3.05, 3.63) is 11.4 Å². The van der Waals surface area contributed by atoms with Crippen molar-refractivity contribution in [1.29, 1.82) is 0 Å². The highest BCUT2D eigenvalue weighted by atomic mass is 16.4. The molecule has 0 atom stereocenters. The van der Waals surface area contributed by atoms with Crippen LogP contribution in [-0.4, -0.2) is 55.9 Å². The van der Waals surface area contributed by atoms with Crippen LogP contribution >= 0.6 is 0 Å². The van der Waals surface area contributed by atoms with E-state index in [9.17, 15) is 14.4 Å². The SMILES string of the molecule is NCCc1c(C(=O)O)nnn1CCN1C(=O)CCC1=O. The molecule has 0 aliphatic carbocycles. The molecule has 3 N–H and O–H groups in total. The second-order valence-electron chi connectivity index (χ2n) is 4.39. The average Bonchev–Trinajstić information content (AvgIpc) is 2.93. The summed E-state index contributed by atoms with van der Waals surface area (Å²) in [6.45, 7) is 0.639. The highest BCUT2D eigenvalue weighted by Crippen LogP contribution is 2.12. The predicted molar refractivity (Wildman–Crippen MR) is 65.7 cm³/mol. The minimum atomic E-state index is -1.17. The number of nitrogens with zero attached hydrogens (tertiary/aromatic N) is 4. The van der Waals surface area contributed by atoms with Crippen LogP contribution < -0.4 is 5.73 Å². The van der Waals surface area contributed by atoms with Gasteiger partial charge in [0.05, 0.1) is 12.2 Å². The second-order valence-corrected chi connectivity index (χ2v) is 4.39. The Morgan fingerprint density at radius 3 is 2.45 bits per heavy atom. The van der Waals surface area contributed by atoms with Gasteiger partial charge in [0.15, 0.2) is 5.69 Å². The fourth-order valence-electron chi connectivity index (χ4n) is 2.13. The lowest BCUT2D eigenvalue weighted by Crippen LogP contribution is -2.33. The number of carbonyl (C=O) groups excluding carboxylic acids is 2. The molecule has 108 valence electrons. The number of carboxylic acid groups (broad SMARTS) is 1. The van der Waals surface area contributed by atoms with Gasteiger partial charge < -0.3 is 10.8 Å². The number of aromatic carboxylic acids is 1. The van der Waals surface area contributed by atoms with Crippen molar-refractivity contribution < 1.29 is 19.5 Å². The zero-order chi connectivity index (χ0) is 14.7. The molecule has 1 aliphatic rings. The molecule has 0 saturated carbocycles. The van der Waals surface area contributed by atoms with Gasteiger partial charge in [0.2, 0.25) is 11.8 Å². The van der Waals surface area contributed by atoms with Crippen molar-refractivity contribution in [2.45, 2.75) is 25.8 Å². The number of aromatic nitrogens is 3. The van der Waals surface area contributed by atoms with Crippen LogP contribution in [0, 0.1) is 0 Å². The van der Waals surface area contributed by atoms with E-state index in [4.69, 9.17) is 10.8 Å². The van der Waals surface area contributed by atoms with E-state index in [2.05, 4.69) is 10.3 Å². The summed E-state index contributed by atoms with van der Waals surface area (Å²) in [6, 6.07) is 0. The molecule has 1 aromatic heterocycles. The highest BCUT2D eigenvalue weighted by molar-refractivity contribution is 6.01. The Kier molecular flexibility index (Phi) is 4.08. The van der Waals surface area contributed by atoms with Gasteiger partial charge in [-0.05, 0) is 6.54 Å². The third-order valence-electron chi connectivity index (χ3n) is 3.11. The van der Waals surface area contributed by atoms with Gasteiger partial charge in [-0.15, -0.1) is 5.10 Å². The Labute approximate surface area is 114 Å². The van der Waals surface area contributed by atoms with Crippen molar-refractivity contribution in [2.75, 3.05) is 13.1 Å². The van der Waals surface area contributed by atoms with Crippen molar-refractivity contribution >= 4 is 17.8 Å². The molecule has 2 rings (SSSR count). The van der Waals surface area contributed by atoms with Crippen LogP contribution in [0.25, 0.3) is 0 Å². The number of carbonyl (C=O) groups is 3. The van der Waals surface area contributed by atoms with Gasteiger partial charge in [-0.3, -0.25) is 14.5 Å². The molecule has 0 spiro atoms. The van der Waals surface area contributed by atoms with Crippen LogP contribution in [0.3, 0.4) is 0 Å². The summed E-state index contributed by atoms with van der Waals surface area (Å²) in [4.78, 5) is 35.1. The van der Waals surface area contributed by atoms with Crippen LogP contribution in [0.1, 0.15) is 29.0 Å². The smallest absolute Gasteiger partial charge is 0.358 e. The molecule has 0 radical (unpaired) electrons. The van der Waals surface area contributed by atoms with Crippen LogP contribution in [0.15, 0.2) is 0 Å². The lowest BCUT2D eigenvalue weighted by molar-refractivity contribution is -0.138. The largest absolute Gasteiger partial charge is 0.476 e. The Morgan fingerprint density at radius 1 is 1.25 bits per heavy atom. The Balaban J connectivity index is 2.11. The summed E-state index contributed by atoms with van der Waals surface area (Å²) >= 11 is 0. The van der Waals surface area contributed by atoms with Crippen LogP contribution in [-0.2, 0) is 22.6 Å². The number of hydrogen-bond acceptors (Lipinski definition) is 6. The molecule has 9 heteroatoms. The van der Waals surface area contributed by atoms with Crippen molar-refractivity contribution in [2.24, 2.45) is 5.73 Å². The molecule has 20 heavy (non-hydrogen) atoms. The number of imide groups is 1. The zero-order valence-electron chi connectivity index (χ0n) is 10.8. The molecule has 0 unspecified atom stereocenters. The molecule has 1 aliphatic heterocycles. The maximum Gasteiger partial charge on any atom is 0.358 e. The Morgan fingerprint density at radius 2 is 1.90 bits per heavy atom. The van der Waals surface area contributed by atoms with Gasteiger partial charge in [0.1, 0.15) is 0 Å². The molecule has 0 bridgehead atoms. The summed E-state index contributed by atoms with van der Waals surface area (Å²) in [5.41, 5.74) is 5.70. The van der Waals surface area contributed by atoms with Crippen molar-refractivity contribution in [1.82, 2.24) is 19.9 Å². The minimum Gasteiger partial charge on any atom is -0.476 e. The van der Waals surface area contributed by atoms with Gasteiger partial charge in [-0.2, -0.15) is 0 Å². The number of nitrogens with two attached hydrogens (primary N) is 1. The molecular weight excluding hydrogens is 266 g/mol. The highest BCUT2D eigenvalue weighted by Gasteiger charge is 2.29. The van der Waals surface area contributed by atoms with Crippen molar-refractivity contribution in [3.63, 3.8) is 0 Å². The minimum absolute atomic E-state index is 0.144. The fraction of sp³-hybridized carbons (Fsp3) is 0.545. The maximum absolute atomic E-state index is 11.5. The predicted octanol–water partition coefficient (Wildman–Crippen LogP) is -1.37. The standard InChI is InChI=1S/C11H15N5O4/c12-4-3-7-10(11(19)20)13-14-16(7)6-5-15-8(17)1-2-9(15)18/h1-6,12H2,(H,19,20). The monoisotopic (exact) mass is 281 g/mol. The van der Waals surface area contributed by atoms with Gasteiger partial charge in [0.25, 0.3) is 0 Å². The topological polar surface area (TPSA) is 131 Å².